The predicted molar refractivity (Wildman–Crippen MR) is 70.2 cm³/mol. The van der Waals surface area contributed by atoms with Crippen LogP contribution in [0.25, 0.3) is 0 Å². The number of rotatable bonds is 5. The number of nitrogens with one attached hydrogen (secondary N) is 1. The molecule has 1 aliphatic rings. The van der Waals surface area contributed by atoms with Gasteiger partial charge in [0.2, 0.25) is 5.91 Å². The van der Waals surface area contributed by atoms with Crippen LogP contribution < -0.4 is 5.32 Å². The summed E-state index contributed by atoms with van der Waals surface area (Å²) in [6.45, 7) is 8.62. The Morgan fingerprint density at radius 3 is 2.74 bits per heavy atom. The highest BCUT2D eigenvalue weighted by atomic mass is 16.2. The van der Waals surface area contributed by atoms with Crippen molar-refractivity contribution in [3.8, 4) is 0 Å². The van der Waals surface area contributed by atoms with E-state index in [0.29, 0.717) is 6.54 Å². The zero-order valence-electron chi connectivity index (χ0n) is 11.6. The molecule has 19 heavy (non-hydrogen) atoms. The quantitative estimate of drug-likeness (QED) is 0.796. The zero-order valence-corrected chi connectivity index (χ0v) is 11.6. The summed E-state index contributed by atoms with van der Waals surface area (Å²) in [6, 6.07) is 0. The minimum absolute atomic E-state index is 0.0505. The van der Waals surface area contributed by atoms with Crippen LogP contribution >= 0.6 is 0 Å². The van der Waals surface area contributed by atoms with Crippen LogP contribution in [0.3, 0.4) is 0 Å². The number of nitrogens with zero attached hydrogens (tertiary/aromatic N) is 5. The number of carbonyl (C=O) groups is 1. The van der Waals surface area contributed by atoms with Gasteiger partial charge in [-0.15, -0.1) is 5.10 Å². The first-order valence-electron chi connectivity index (χ1n) is 6.83. The molecule has 0 aromatic carbocycles. The number of tetrazole rings is 1. The van der Waals surface area contributed by atoms with Crippen LogP contribution in [-0.4, -0.2) is 57.2 Å². The topological polar surface area (TPSA) is 75.9 Å². The highest BCUT2D eigenvalue weighted by molar-refractivity contribution is 5.75. The summed E-state index contributed by atoms with van der Waals surface area (Å²) >= 11 is 0. The summed E-state index contributed by atoms with van der Waals surface area (Å²) in [5, 5.41) is 13.5. The SMILES string of the molecule is C[C@H]1C[C@H](C)CN(CCNC(=O)Cn2cnnn2)C1. The molecule has 0 radical (unpaired) electrons. The third-order valence-electron chi connectivity index (χ3n) is 3.39. The molecule has 0 unspecified atom stereocenters. The lowest BCUT2D eigenvalue weighted by molar-refractivity contribution is -0.121. The summed E-state index contributed by atoms with van der Waals surface area (Å²) in [7, 11) is 0. The maximum atomic E-state index is 11.6. The number of likely N-dealkylation sites (tertiary alicyclic amines) is 1. The fourth-order valence-electron chi connectivity index (χ4n) is 2.78. The van der Waals surface area contributed by atoms with E-state index in [9.17, 15) is 4.79 Å². The third kappa shape index (κ3) is 4.59. The number of hydrogen-bond donors (Lipinski definition) is 1. The first-order chi connectivity index (χ1) is 9.13. The van der Waals surface area contributed by atoms with Crippen molar-refractivity contribution >= 4 is 5.91 Å². The highest BCUT2D eigenvalue weighted by Gasteiger charge is 2.21. The van der Waals surface area contributed by atoms with E-state index in [0.717, 1.165) is 31.5 Å². The van der Waals surface area contributed by atoms with Crippen molar-refractivity contribution in [2.24, 2.45) is 11.8 Å². The lowest BCUT2D eigenvalue weighted by atomic mass is 9.92. The summed E-state index contributed by atoms with van der Waals surface area (Å²) < 4.78 is 1.42. The number of carbonyl (C=O) groups excluding carboxylic acids is 1. The van der Waals surface area contributed by atoms with Crippen LogP contribution in [0.15, 0.2) is 6.33 Å². The second-order valence-corrected chi connectivity index (χ2v) is 5.56. The van der Waals surface area contributed by atoms with Gasteiger partial charge in [-0.1, -0.05) is 13.8 Å². The van der Waals surface area contributed by atoms with Gasteiger partial charge in [0.25, 0.3) is 0 Å². The molecule has 2 rings (SSSR count). The van der Waals surface area contributed by atoms with Crippen LogP contribution in [0.5, 0.6) is 0 Å². The minimum atomic E-state index is -0.0505. The van der Waals surface area contributed by atoms with Crippen molar-refractivity contribution in [2.75, 3.05) is 26.2 Å². The van der Waals surface area contributed by atoms with E-state index in [1.807, 2.05) is 0 Å². The normalized spacial score (nSPS) is 24.3. The van der Waals surface area contributed by atoms with Crippen LogP contribution in [0, 0.1) is 11.8 Å². The van der Waals surface area contributed by atoms with E-state index in [4.69, 9.17) is 0 Å². The zero-order chi connectivity index (χ0) is 13.7. The van der Waals surface area contributed by atoms with Crippen LogP contribution in [0.4, 0.5) is 0 Å². The van der Waals surface area contributed by atoms with Gasteiger partial charge in [0.05, 0.1) is 0 Å². The summed E-state index contributed by atoms with van der Waals surface area (Å²) in [5.74, 6) is 1.45. The van der Waals surface area contributed by atoms with Gasteiger partial charge in [0.1, 0.15) is 12.9 Å². The lowest BCUT2D eigenvalue weighted by Gasteiger charge is -2.34. The predicted octanol–water partition coefficient (Wildman–Crippen LogP) is -0.233. The number of aromatic nitrogens is 4. The summed E-state index contributed by atoms with van der Waals surface area (Å²) in [6.07, 6.45) is 2.75. The smallest absolute Gasteiger partial charge is 0.241 e. The molecular formula is C12H22N6O. The minimum Gasteiger partial charge on any atom is -0.353 e. The van der Waals surface area contributed by atoms with Gasteiger partial charge < -0.3 is 10.2 Å². The van der Waals surface area contributed by atoms with E-state index < -0.39 is 0 Å². The Morgan fingerprint density at radius 1 is 1.37 bits per heavy atom. The van der Waals surface area contributed by atoms with E-state index in [2.05, 4.69) is 39.6 Å². The third-order valence-corrected chi connectivity index (χ3v) is 3.39. The average molecular weight is 266 g/mol. The molecule has 7 heteroatoms. The molecule has 2 heterocycles. The maximum absolute atomic E-state index is 11.6. The second-order valence-electron chi connectivity index (χ2n) is 5.56. The highest BCUT2D eigenvalue weighted by Crippen LogP contribution is 2.20. The maximum Gasteiger partial charge on any atom is 0.241 e. The van der Waals surface area contributed by atoms with Crippen LogP contribution in [0.2, 0.25) is 0 Å². The van der Waals surface area contributed by atoms with Crippen LogP contribution in [0.1, 0.15) is 20.3 Å². The fraction of sp³-hybridized carbons (Fsp3) is 0.833. The molecular weight excluding hydrogens is 244 g/mol. The Kier molecular flexibility index (Phi) is 4.84. The van der Waals surface area contributed by atoms with Crippen LogP contribution in [-0.2, 0) is 11.3 Å². The fourth-order valence-corrected chi connectivity index (χ4v) is 2.78. The van der Waals surface area contributed by atoms with Gasteiger partial charge >= 0.3 is 0 Å². The van der Waals surface area contributed by atoms with Crippen molar-refractivity contribution < 1.29 is 4.79 Å². The van der Waals surface area contributed by atoms with Gasteiger partial charge in [-0.25, -0.2) is 4.68 Å². The molecule has 106 valence electrons. The summed E-state index contributed by atoms with van der Waals surface area (Å²) in [5.41, 5.74) is 0. The molecule has 1 aliphatic heterocycles. The Morgan fingerprint density at radius 2 is 2.11 bits per heavy atom. The number of amides is 1. The van der Waals surface area contributed by atoms with E-state index in [1.54, 1.807) is 0 Å². The molecule has 0 aliphatic carbocycles. The lowest BCUT2D eigenvalue weighted by Crippen LogP contribution is -2.43. The van der Waals surface area contributed by atoms with Crippen molar-refractivity contribution in [1.29, 1.82) is 0 Å². The molecule has 1 fully saturated rings. The second kappa shape index (κ2) is 6.60. The standard InChI is InChI=1S/C12H22N6O/c1-10-5-11(2)7-17(6-10)4-3-13-12(19)8-18-9-14-15-16-18/h9-11H,3-8H2,1-2H3,(H,13,19)/t10-,11-/m0/s1. The molecule has 1 aromatic heterocycles. The van der Waals surface area contributed by atoms with Gasteiger partial charge in [-0.2, -0.15) is 0 Å². The molecule has 7 nitrogen and oxygen atoms in total. The Labute approximate surface area is 113 Å². The molecule has 0 bridgehead atoms. The van der Waals surface area contributed by atoms with Gasteiger partial charge in [-0.05, 0) is 28.7 Å². The summed E-state index contributed by atoms with van der Waals surface area (Å²) in [4.78, 5) is 14.1. The van der Waals surface area contributed by atoms with E-state index >= 15 is 0 Å². The Hall–Kier alpha value is -1.50. The Balaban J connectivity index is 1.64. The first-order valence-corrected chi connectivity index (χ1v) is 6.83. The molecule has 1 saturated heterocycles. The van der Waals surface area contributed by atoms with Crippen molar-refractivity contribution in [1.82, 2.24) is 30.4 Å². The molecule has 0 saturated carbocycles. The van der Waals surface area contributed by atoms with Crippen molar-refractivity contribution in [3.05, 3.63) is 6.33 Å². The Bertz CT molecular complexity index is 383. The van der Waals surface area contributed by atoms with Gasteiger partial charge in [0, 0.05) is 26.2 Å². The molecule has 1 aromatic rings. The molecule has 0 spiro atoms. The van der Waals surface area contributed by atoms with E-state index in [-0.39, 0.29) is 12.5 Å². The first kappa shape index (κ1) is 13.9. The van der Waals surface area contributed by atoms with Crippen molar-refractivity contribution in [2.45, 2.75) is 26.8 Å². The molecule has 1 amide bonds. The molecule has 1 N–H and O–H groups in total. The largest absolute Gasteiger partial charge is 0.353 e. The number of hydrogen-bond acceptors (Lipinski definition) is 5. The van der Waals surface area contributed by atoms with Crippen molar-refractivity contribution in [3.63, 3.8) is 0 Å². The monoisotopic (exact) mass is 266 g/mol. The molecule has 2 atom stereocenters. The number of piperidine rings is 1. The van der Waals surface area contributed by atoms with Gasteiger partial charge in [-0.3, -0.25) is 4.79 Å². The average Bonchev–Trinajstić information content (AvgIpc) is 2.80. The van der Waals surface area contributed by atoms with E-state index in [1.165, 1.54) is 17.4 Å². The van der Waals surface area contributed by atoms with Gasteiger partial charge in [0.15, 0.2) is 0 Å².